The van der Waals surface area contributed by atoms with E-state index >= 15 is 0 Å². The van der Waals surface area contributed by atoms with E-state index in [9.17, 15) is 0 Å². The third kappa shape index (κ3) is 5.30. The second-order valence-electron chi connectivity index (χ2n) is 4.92. The molecule has 1 saturated carbocycles. The van der Waals surface area contributed by atoms with E-state index in [1.54, 1.807) is 0 Å². The smallest absolute Gasteiger partial charge is 0.00670 e. The van der Waals surface area contributed by atoms with Crippen LogP contribution in [0.3, 0.4) is 0 Å². The van der Waals surface area contributed by atoms with Gasteiger partial charge in [-0.05, 0) is 37.6 Å². The maximum absolute atomic E-state index is 3.67. The van der Waals surface area contributed by atoms with E-state index in [0.717, 1.165) is 17.9 Å². The van der Waals surface area contributed by atoms with Gasteiger partial charge in [0.25, 0.3) is 0 Å². The zero-order valence-electron chi connectivity index (χ0n) is 9.47. The predicted octanol–water partition coefficient (Wildman–Crippen LogP) is 3.20. The number of nitrogens with one attached hydrogen (secondary N) is 1. The molecule has 1 nitrogen and oxygen atoms in total. The van der Waals surface area contributed by atoms with Crippen LogP contribution in [-0.4, -0.2) is 12.6 Å². The highest BCUT2D eigenvalue weighted by molar-refractivity contribution is 4.79. The molecule has 0 saturated heterocycles. The van der Waals surface area contributed by atoms with Crippen LogP contribution in [0.25, 0.3) is 0 Å². The van der Waals surface area contributed by atoms with Gasteiger partial charge in [-0.25, -0.2) is 0 Å². The van der Waals surface area contributed by atoms with Crippen molar-refractivity contribution in [2.75, 3.05) is 6.54 Å². The highest BCUT2D eigenvalue weighted by atomic mass is 14.9. The third-order valence-corrected chi connectivity index (χ3v) is 2.96. The molecule has 0 spiro atoms. The van der Waals surface area contributed by atoms with Gasteiger partial charge in [-0.1, -0.05) is 33.6 Å². The van der Waals surface area contributed by atoms with Gasteiger partial charge in [-0.15, -0.1) is 0 Å². The molecular weight excluding hydrogens is 158 g/mol. The summed E-state index contributed by atoms with van der Waals surface area (Å²) in [6.45, 7) is 8.10. The summed E-state index contributed by atoms with van der Waals surface area (Å²) in [5.41, 5.74) is 0. The third-order valence-electron chi connectivity index (χ3n) is 2.96. The lowest BCUT2D eigenvalue weighted by molar-refractivity contribution is 0.423. The van der Waals surface area contributed by atoms with Gasteiger partial charge in [-0.3, -0.25) is 0 Å². The molecule has 1 atom stereocenters. The first-order chi connectivity index (χ1) is 6.22. The molecule has 1 fully saturated rings. The van der Waals surface area contributed by atoms with Crippen molar-refractivity contribution < 1.29 is 0 Å². The summed E-state index contributed by atoms with van der Waals surface area (Å²) in [7, 11) is 0. The zero-order valence-corrected chi connectivity index (χ0v) is 9.47. The Kier molecular flexibility index (Phi) is 4.79. The monoisotopic (exact) mass is 183 g/mol. The standard InChI is InChI=1S/C12H25N/c1-4-12(9-11-5-6-11)13-8-7-10(2)3/h10-13H,4-9H2,1-3H3. The van der Waals surface area contributed by atoms with E-state index in [2.05, 4.69) is 26.1 Å². The van der Waals surface area contributed by atoms with Crippen molar-refractivity contribution in [3.8, 4) is 0 Å². The molecule has 1 aliphatic rings. The highest BCUT2D eigenvalue weighted by Crippen LogP contribution is 2.33. The molecule has 0 heterocycles. The van der Waals surface area contributed by atoms with Crippen molar-refractivity contribution in [3.05, 3.63) is 0 Å². The van der Waals surface area contributed by atoms with Gasteiger partial charge >= 0.3 is 0 Å². The summed E-state index contributed by atoms with van der Waals surface area (Å²) in [5, 5.41) is 3.67. The Bertz CT molecular complexity index is 127. The van der Waals surface area contributed by atoms with Crippen molar-refractivity contribution in [1.29, 1.82) is 0 Å². The van der Waals surface area contributed by atoms with Gasteiger partial charge < -0.3 is 5.32 Å². The van der Waals surface area contributed by atoms with Crippen LogP contribution in [0.4, 0.5) is 0 Å². The summed E-state index contributed by atoms with van der Waals surface area (Å²) in [6, 6.07) is 0.797. The second-order valence-corrected chi connectivity index (χ2v) is 4.92. The molecule has 1 heteroatoms. The fourth-order valence-electron chi connectivity index (χ4n) is 1.73. The Morgan fingerprint density at radius 1 is 1.31 bits per heavy atom. The minimum Gasteiger partial charge on any atom is -0.314 e. The summed E-state index contributed by atoms with van der Waals surface area (Å²) in [6.07, 6.45) is 7.02. The number of hydrogen-bond donors (Lipinski definition) is 1. The molecule has 0 aromatic carbocycles. The van der Waals surface area contributed by atoms with Gasteiger partial charge in [0.15, 0.2) is 0 Å². The van der Waals surface area contributed by atoms with E-state index in [1.807, 2.05) is 0 Å². The molecule has 1 rings (SSSR count). The minimum atomic E-state index is 0.797. The first-order valence-electron chi connectivity index (χ1n) is 5.95. The van der Waals surface area contributed by atoms with Gasteiger partial charge in [-0.2, -0.15) is 0 Å². The van der Waals surface area contributed by atoms with Gasteiger partial charge in [0, 0.05) is 6.04 Å². The fraction of sp³-hybridized carbons (Fsp3) is 1.00. The van der Waals surface area contributed by atoms with Crippen molar-refractivity contribution in [3.63, 3.8) is 0 Å². The fourth-order valence-corrected chi connectivity index (χ4v) is 1.73. The van der Waals surface area contributed by atoms with Crippen LogP contribution in [0.15, 0.2) is 0 Å². The lowest BCUT2D eigenvalue weighted by Gasteiger charge is -2.17. The Hall–Kier alpha value is -0.0400. The summed E-state index contributed by atoms with van der Waals surface area (Å²) >= 11 is 0. The molecule has 1 N–H and O–H groups in total. The van der Waals surface area contributed by atoms with E-state index in [1.165, 1.54) is 38.6 Å². The molecule has 0 aromatic rings. The molecule has 13 heavy (non-hydrogen) atoms. The lowest BCUT2D eigenvalue weighted by atomic mass is 10.1. The van der Waals surface area contributed by atoms with E-state index < -0.39 is 0 Å². The van der Waals surface area contributed by atoms with Crippen molar-refractivity contribution in [2.45, 2.75) is 58.9 Å². The van der Waals surface area contributed by atoms with Gasteiger partial charge in [0.1, 0.15) is 0 Å². The SMILES string of the molecule is CCC(CC1CC1)NCCC(C)C. The van der Waals surface area contributed by atoms with E-state index in [0.29, 0.717) is 0 Å². The van der Waals surface area contributed by atoms with Crippen LogP contribution < -0.4 is 5.32 Å². The highest BCUT2D eigenvalue weighted by Gasteiger charge is 2.24. The average molecular weight is 183 g/mol. The average Bonchev–Trinajstić information content (AvgIpc) is 2.86. The number of hydrogen-bond acceptors (Lipinski definition) is 1. The van der Waals surface area contributed by atoms with Crippen molar-refractivity contribution in [2.24, 2.45) is 11.8 Å². The van der Waals surface area contributed by atoms with E-state index in [4.69, 9.17) is 0 Å². The molecule has 0 aromatic heterocycles. The van der Waals surface area contributed by atoms with Crippen LogP contribution in [0.1, 0.15) is 52.9 Å². The maximum atomic E-state index is 3.67. The molecule has 0 radical (unpaired) electrons. The van der Waals surface area contributed by atoms with Gasteiger partial charge in [0.2, 0.25) is 0 Å². The van der Waals surface area contributed by atoms with Crippen LogP contribution in [0.5, 0.6) is 0 Å². The largest absolute Gasteiger partial charge is 0.314 e. The normalized spacial score (nSPS) is 19.4. The molecule has 0 bridgehead atoms. The van der Waals surface area contributed by atoms with Crippen molar-refractivity contribution in [1.82, 2.24) is 5.32 Å². The van der Waals surface area contributed by atoms with Gasteiger partial charge in [0.05, 0.1) is 0 Å². The first-order valence-corrected chi connectivity index (χ1v) is 5.95. The predicted molar refractivity (Wildman–Crippen MR) is 58.9 cm³/mol. The Balaban J connectivity index is 2.01. The Morgan fingerprint density at radius 3 is 2.46 bits per heavy atom. The molecule has 78 valence electrons. The molecular formula is C12H25N. The maximum Gasteiger partial charge on any atom is 0.00670 e. The first kappa shape index (κ1) is 11.0. The Morgan fingerprint density at radius 2 is 2.00 bits per heavy atom. The molecule has 0 aliphatic heterocycles. The quantitative estimate of drug-likeness (QED) is 0.639. The van der Waals surface area contributed by atoms with Crippen LogP contribution in [0.2, 0.25) is 0 Å². The number of rotatable bonds is 7. The van der Waals surface area contributed by atoms with Crippen LogP contribution in [0, 0.1) is 11.8 Å². The van der Waals surface area contributed by atoms with Crippen LogP contribution >= 0.6 is 0 Å². The minimum absolute atomic E-state index is 0.797. The Labute approximate surface area is 83.3 Å². The summed E-state index contributed by atoms with van der Waals surface area (Å²) in [4.78, 5) is 0. The van der Waals surface area contributed by atoms with Crippen LogP contribution in [-0.2, 0) is 0 Å². The molecule has 1 aliphatic carbocycles. The second kappa shape index (κ2) is 5.64. The topological polar surface area (TPSA) is 12.0 Å². The van der Waals surface area contributed by atoms with Crippen molar-refractivity contribution >= 4 is 0 Å². The molecule has 0 amide bonds. The lowest BCUT2D eigenvalue weighted by Crippen LogP contribution is -2.30. The van der Waals surface area contributed by atoms with E-state index in [-0.39, 0.29) is 0 Å². The summed E-state index contributed by atoms with van der Waals surface area (Å²) in [5.74, 6) is 1.91. The zero-order chi connectivity index (χ0) is 9.68. The molecule has 1 unspecified atom stereocenters. The summed E-state index contributed by atoms with van der Waals surface area (Å²) < 4.78 is 0.